The first-order valence-electron chi connectivity index (χ1n) is 8.35. The number of ether oxygens (including phenoxy) is 2. The van der Waals surface area contributed by atoms with Gasteiger partial charge in [0.15, 0.2) is 17.5 Å². The van der Waals surface area contributed by atoms with E-state index in [1.54, 1.807) is 7.05 Å². The fourth-order valence-electron chi connectivity index (χ4n) is 2.72. The highest BCUT2D eigenvalue weighted by Crippen LogP contribution is 2.32. The summed E-state index contributed by atoms with van der Waals surface area (Å²) < 4.78 is 37.5. The monoisotopic (exact) mass is 489 g/mol. The maximum absolute atomic E-state index is 13.8. The molecule has 0 saturated heterocycles. The van der Waals surface area contributed by atoms with E-state index in [9.17, 15) is 8.78 Å². The standard InChI is InChI=1S/C19H21F2N3O2.HI/c1-12(15-5-4-14(20)8-16(15)21)9-23-19(22-2)24-10-13-3-6-17-18(7-13)26-11-25-17;/h3-8,12H,9-11H2,1-2H3,(H2,22,23,24);1H. The van der Waals surface area contributed by atoms with Crippen LogP contribution in [0.4, 0.5) is 8.78 Å². The van der Waals surface area contributed by atoms with Crippen molar-refractivity contribution in [3.63, 3.8) is 0 Å². The van der Waals surface area contributed by atoms with Crippen LogP contribution in [0.15, 0.2) is 41.4 Å². The number of rotatable bonds is 5. The van der Waals surface area contributed by atoms with Gasteiger partial charge in [-0.25, -0.2) is 8.78 Å². The van der Waals surface area contributed by atoms with E-state index in [1.807, 2.05) is 25.1 Å². The molecule has 2 N–H and O–H groups in total. The van der Waals surface area contributed by atoms with E-state index >= 15 is 0 Å². The third kappa shape index (κ3) is 5.44. The molecule has 5 nitrogen and oxygen atoms in total. The largest absolute Gasteiger partial charge is 0.454 e. The van der Waals surface area contributed by atoms with Crippen molar-refractivity contribution < 1.29 is 18.3 Å². The Labute approximate surface area is 174 Å². The molecule has 27 heavy (non-hydrogen) atoms. The fraction of sp³-hybridized carbons (Fsp3) is 0.316. The third-order valence-electron chi connectivity index (χ3n) is 4.19. The molecule has 0 radical (unpaired) electrons. The van der Waals surface area contributed by atoms with Gasteiger partial charge in [0.05, 0.1) is 0 Å². The molecule has 1 atom stereocenters. The average Bonchev–Trinajstić information content (AvgIpc) is 3.09. The van der Waals surface area contributed by atoms with Gasteiger partial charge >= 0.3 is 0 Å². The number of benzene rings is 2. The molecule has 0 fully saturated rings. The summed E-state index contributed by atoms with van der Waals surface area (Å²) in [5.74, 6) is 0.811. The molecule has 0 aliphatic carbocycles. The van der Waals surface area contributed by atoms with Crippen molar-refractivity contribution >= 4 is 29.9 Å². The van der Waals surface area contributed by atoms with Crippen molar-refractivity contribution in [3.8, 4) is 11.5 Å². The first-order chi connectivity index (χ1) is 12.6. The van der Waals surface area contributed by atoms with E-state index in [0.717, 1.165) is 23.1 Å². The number of nitrogens with zero attached hydrogens (tertiary/aromatic N) is 1. The molecule has 0 bridgehead atoms. The number of hydrogen-bond donors (Lipinski definition) is 2. The Morgan fingerprint density at radius 1 is 1.11 bits per heavy atom. The summed E-state index contributed by atoms with van der Waals surface area (Å²) in [5, 5.41) is 6.35. The second kappa shape index (κ2) is 9.72. The van der Waals surface area contributed by atoms with Crippen LogP contribution in [0.25, 0.3) is 0 Å². The third-order valence-corrected chi connectivity index (χ3v) is 4.19. The maximum Gasteiger partial charge on any atom is 0.231 e. The van der Waals surface area contributed by atoms with Crippen molar-refractivity contribution in [2.45, 2.75) is 19.4 Å². The Morgan fingerprint density at radius 3 is 2.63 bits per heavy atom. The lowest BCUT2D eigenvalue weighted by atomic mass is 10.0. The number of nitrogens with one attached hydrogen (secondary N) is 2. The van der Waals surface area contributed by atoms with Crippen molar-refractivity contribution in [3.05, 3.63) is 59.2 Å². The van der Waals surface area contributed by atoms with Crippen LogP contribution < -0.4 is 20.1 Å². The number of fused-ring (bicyclic) bond motifs is 1. The topological polar surface area (TPSA) is 54.9 Å². The molecule has 1 aliphatic rings. The fourth-order valence-corrected chi connectivity index (χ4v) is 2.72. The number of aliphatic imine (C=N–C) groups is 1. The van der Waals surface area contributed by atoms with E-state index in [0.29, 0.717) is 24.6 Å². The molecule has 0 amide bonds. The molecule has 8 heteroatoms. The first kappa shape index (κ1) is 21.2. The van der Waals surface area contributed by atoms with Gasteiger partial charge in [-0.1, -0.05) is 19.1 Å². The van der Waals surface area contributed by atoms with Crippen LogP contribution in [-0.4, -0.2) is 26.3 Å². The predicted molar refractivity (Wildman–Crippen MR) is 111 cm³/mol. The van der Waals surface area contributed by atoms with Gasteiger partial charge in [-0.05, 0) is 29.3 Å². The molecule has 1 aliphatic heterocycles. The summed E-state index contributed by atoms with van der Waals surface area (Å²) in [4.78, 5) is 4.16. The van der Waals surface area contributed by atoms with Gasteiger partial charge < -0.3 is 20.1 Å². The summed E-state index contributed by atoms with van der Waals surface area (Å²) in [6.45, 7) is 3.13. The molecule has 2 aromatic rings. The average molecular weight is 489 g/mol. The minimum absolute atomic E-state index is 0. The van der Waals surface area contributed by atoms with Gasteiger partial charge in [0.1, 0.15) is 11.6 Å². The van der Waals surface area contributed by atoms with E-state index in [4.69, 9.17) is 9.47 Å². The van der Waals surface area contributed by atoms with E-state index in [2.05, 4.69) is 15.6 Å². The van der Waals surface area contributed by atoms with Crippen molar-refractivity contribution in [2.24, 2.45) is 4.99 Å². The quantitative estimate of drug-likeness (QED) is 0.382. The Kier molecular flexibility index (Phi) is 7.64. The highest BCUT2D eigenvalue weighted by atomic mass is 127. The summed E-state index contributed by atoms with van der Waals surface area (Å²) in [7, 11) is 1.66. The second-order valence-electron chi connectivity index (χ2n) is 6.06. The van der Waals surface area contributed by atoms with Crippen LogP contribution in [0.3, 0.4) is 0 Å². The van der Waals surface area contributed by atoms with Crippen LogP contribution in [0.1, 0.15) is 24.0 Å². The van der Waals surface area contributed by atoms with E-state index < -0.39 is 11.6 Å². The molecular weight excluding hydrogens is 467 g/mol. The van der Waals surface area contributed by atoms with Crippen molar-refractivity contribution in [1.29, 1.82) is 0 Å². The molecule has 1 unspecified atom stereocenters. The van der Waals surface area contributed by atoms with Crippen LogP contribution in [-0.2, 0) is 6.54 Å². The van der Waals surface area contributed by atoms with E-state index in [-0.39, 0.29) is 36.7 Å². The zero-order valence-electron chi connectivity index (χ0n) is 15.1. The lowest BCUT2D eigenvalue weighted by Crippen LogP contribution is -2.38. The van der Waals surface area contributed by atoms with Gasteiger partial charge in [0, 0.05) is 32.1 Å². The van der Waals surface area contributed by atoms with Crippen molar-refractivity contribution in [2.75, 3.05) is 20.4 Å². The molecule has 0 saturated carbocycles. The summed E-state index contributed by atoms with van der Waals surface area (Å²) in [6.07, 6.45) is 0. The first-order valence-corrected chi connectivity index (χ1v) is 8.35. The molecular formula is C19H22F2IN3O2. The van der Waals surface area contributed by atoms with Gasteiger partial charge in [0.25, 0.3) is 0 Å². The molecule has 2 aromatic carbocycles. The number of hydrogen-bond acceptors (Lipinski definition) is 3. The van der Waals surface area contributed by atoms with Crippen LogP contribution in [0.5, 0.6) is 11.5 Å². The van der Waals surface area contributed by atoms with Gasteiger partial charge in [-0.3, -0.25) is 4.99 Å². The zero-order valence-corrected chi connectivity index (χ0v) is 17.4. The maximum atomic E-state index is 13.8. The Hall–Kier alpha value is -2.10. The Morgan fingerprint density at radius 2 is 1.89 bits per heavy atom. The Balaban J connectivity index is 0.00000261. The molecule has 3 rings (SSSR count). The molecule has 1 heterocycles. The van der Waals surface area contributed by atoms with Gasteiger partial charge in [0.2, 0.25) is 6.79 Å². The summed E-state index contributed by atoms with van der Waals surface area (Å²) in [6, 6.07) is 9.37. The molecule has 0 aromatic heterocycles. The number of guanidine groups is 1. The van der Waals surface area contributed by atoms with Crippen LogP contribution >= 0.6 is 24.0 Å². The normalized spacial score (nSPS) is 13.7. The molecule has 0 spiro atoms. The minimum atomic E-state index is -0.576. The van der Waals surface area contributed by atoms with Gasteiger partial charge in [-0.15, -0.1) is 24.0 Å². The summed E-state index contributed by atoms with van der Waals surface area (Å²) in [5.41, 5.74) is 1.49. The smallest absolute Gasteiger partial charge is 0.231 e. The summed E-state index contributed by atoms with van der Waals surface area (Å²) >= 11 is 0. The van der Waals surface area contributed by atoms with E-state index in [1.165, 1.54) is 12.1 Å². The predicted octanol–water partition coefficient (Wildman–Crippen LogP) is 3.78. The molecule has 146 valence electrons. The van der Waals surface area contributed by atoms with Crippen LogP contribution in [0.2, 0.25) is 0 Å². The Bertz CT molecular complexity index is 818. The SMILES string of the molecule is CN=C(NCc1ccc2c(c1)OCO2)NCC(C)c1ccc(F)cc1F.I. The van der Waals surface area contributed by atoms with Crippen LogP contribution in [0, 0.1) is 11.6 Å². The lowest BCUT2D eigenvalue weighted by molar-refractivity contribution is 0.174. The highest BCUT2D eigenvalue weighted by Gasteiger charge is 2.14. The van der Waals surface area contributed by atoms with Crippen molar-refractivity contribution in [1.82, 2.24) is 10.6 Å². The van der Waals surface area contributed by atoms with Gasteiger partial charge in [-0.2, -0.15) is 0 Å². The zero-order chi connectivity index (χ0) is 18.5. The second-order valence-corrected chi connectivity index (χ2v) is 6.06. The highest BCUT2D eigenvalue weighted by molar-refractivity contribution is 14.0. The minimum Gasteiger partial charge on any atom is -0.454 e. The number of halogens is 3. The lowest BCUT2D eigenvalue weighted by Gasteiger charge is -2.17.